The number of para-hydroxylation sites is 1. The van der Waals surface area contributed by atoms with Gasteiger partial charge in [-0.3, -0.25) is 5.43 Å². The van der Waals surface area contributed by atoms with Crippen molar-refractivity contribution >= 4 is 22.8 Å². The summed E-state index contributed by atoms with van der Waals surface area (Å²) in [5.41, 5.74) is 6.42. The standard InChI is InChI=1S/C11H12N8/c12-17-9-8-6-14-19(7-4-2-1-3-5-7)10(8)16-11(15-9)18-13/h1-6H,12-13H2,(H2,15,16,17,18). The number of nitrogen functional groups attached to an aromatic ring is 2. The van der Waals surface area contributed by atoms with E-state index >= 15 is 0 Å². The Morgan fingerprint density at radius 3 is 2.47 bits per heavy atom. The predicted octanol–water partition coefficient (Wildman–Crippen LogP) is 0.387. The van der Waals surface area contributed by atoms with Crippen molar-refractivity contribution in [1.29, 1.82) is 0 Å². The van der Waals surface area contributed by atoms with E-state index in [1.54, 1.807) is 10.9 Å². The summed E-state index contributed by atoms with van der Waals surface area (Å²) in [6, 6.07) is 9.64. The number of nitrogens with two attached hydrogens (primary N) is 2. The van der Waals surface area contributed by atoms with Gasteiger partial charge in [0.15, 0.2) is 11.5 Å². The van der Waals surface area contributed by atoms with E-state index in [-0.39, 0.29) is 5.95 Å². The van der Waals surface area contributed by atoms with E-state index in [0.717, 1.165) is 5.69 Å². The third-order valence-corrected chi connectivity index (χ3v) is 2.70. The molecule has 96 valence electrons. The fourth-order valence-electron chi connectivity index (χ4n) is 1.84. The number of nitrogens with zero attached hydrogens (tertiary/aromatic N) is 4. The second-order valence-electron chi connectivity index (χ2n) is 3.81. The van der Waals surface area contributed by atoms with Gasteiger partial charge < -0.3 is 5.43 Å². The maximum Gasteiger partial charge on any atom is 0.241 e. The molecule has 0 aliphatic rings. The van der Waals surface area contributed by atoms with Gasteiger partial charge in [-0.25, -0.2) is 16.4 Å². The van der Waals surface area contributed by atoms with Crippen molar-refractivity contribution in [3.63, 3.8) is 0 Å². The van der Waals surface area contributed by atoms with Crippen LogP contribution in [-0.2, 0) is 0 Å². The van der Waals surface area contributed by atoms with Crippen molar-refractivity contribution in [2.24, 2.45) is 11.7 Å². The van der Waals surface area contributed by atoms with Crippen molar-refractivity contribution in [2.75, 3.05) is 10.9 Å². The molecule has 0 radical (unpaired) electrons. The molecule has 8 nitrogen and oxygen atoms in total. The first kappa shape index (κ1) is 11.4. The summed E-state index contributed by atoms with van der Waals surface area (Å²) >= 11 is 0. The Morgan fingerprint density at radius 2 is 1.79 bits per heavy atom. The van der Waals surface area contributed by atoms with Gasteiger partial charge in [0.2, 0.25) is 5.95 Å². The molecule has 0 amide bonds. The molecule has 8 heteroatoms. The van der Waals surface area contributed by atoms with Gasteiger partial charge in [0.05, 0.1) is 17.3 Å². The Morgan fingerprint density at radius 1 is 1.00 bits per heavy atom. The van der Waals surface area contributed by atoms with Crippen molar-refractivity contribution in [1.82, 2.24) is 19.7 Å². The SMILES string of the molecule is NNc1nc(NN)c2cnn(-c3ccccc3)c2n1. The topological polar surface area (TPSA) is 120 Å². The van der Waals surface area contributed by atoms with E-state index in [9.17, 15) is 0 Å². The van der Waals surface area contributed by atoms with Gasteiger partial charge in [-0.05, 0) is 12.1 Å². The van der Waals surface area contributed by atoms with Crippen molar-refractivity contribution in [2.45, 2.75) is 0 Å². The highest BCUT2D eigenvalue weighted by Crippen LogP contribution is 2.23. The van der Waals surface area contributed by atoms with Crippen LogP contribution >= 0.6 is 0 Å². The smallest absolute Gasteiger partial charge is 0.241 e. The Labute approximate surface area is 108 Å². The van der Waals surface area contributed by atoms with Crippen LogP contribution in [-0.4, -0.2) is 19.7 Å². The molecule has 2 heterocycles. The number of anilines is 2. The first-order valence-corrected chi connectivity index (χ1v) is 5.58. The molecule has 0 saturated carbocycles. The quantitative estimate of drug-likeness (QED) is 0.395. The highest BCUT2D eigenvalue weighted by Gasteiger charge is 2.12. The fourth-order valence-corrected chi connectivity index (χ4v) is 1.84. The number of hydrogen-bond acceptors (Lipinski definition) is 7. The minimum atomic E-state index is 0.262. The number of fused-ring (bicyclic) bond motifs is 1. The first-order valence-electron chi connectivity index (χ1n) is 5.58. The molecule has 0 bridgehead atoms. The molecule has 3 aromatic rings. The van der Waals surface area contributed by atoms with Gasteiger partial charge >= 0.3 is 0 Å². The zero-order valence-electron chi connectivity index (χ0n) is 9.91. The fraction of sp³-hybridized carbons (Fsp3) is 0. The van der Waals surface area contributed by atoms with E-state index in [4.69, 9.17) is 11.7 Å². The summed E-state index contributed by atoms with van der Waals surface area (Å²) in [7, 11) is 0. The second kappa shape index (κ2) is 4.52. The molecule has 0 fully saturated rings. The predicted molar refractivity (Wildman–Crippen MR) is 72.3 cm³/mol. The van der Waals surface area contributed by atoms with E-state index in [0.29, 0.717) is 16.9 Å². The number of rotatable bonds is 3. The third kappa shape index (κ3) is 1.84. The Balaban J connectivity index is 2.27. The number of aromatic nitrogens is 4. The van der Waals surface area contributed by atoms with Crippen LogP contribution in [0.25, 0.3) is 16.7 Å². The second-order valence-corrected chi connectivity index (χ2v) is 3.81. The molecule has 1 aromatic carbocycles. The van der Waals surface area contributed by atoms with Gasteiger partial charge in [0, 0.05) is 0 Å². The van der Waals surface area contributed by atoms with Crippen LogP contribution in [0.5, 0.6) is 0 Å². The Bertz CT molecular complexity index is 705. The lowest BCUT2D eigenvalue weighted by Crippen LogP contribution is -2.15. The third-order valence-electron chi connectivity index (χ3n) is 2.70. The molecule has 0 spiro atoms. The van der Waals surface area contributed by atoms with Crippen LogP contribution in [0.3, 0.4) is 0 Å². The number of hydrazine groups is 2. The zero-order chi connectivity index (χ0) is 13.2. The van der Waals surface area contributed by atoms with Crippen molar-refractivity contribution < 1.29 is 0 Å². The molecule has 19 heavy (non-hydrogen) atoms. The average Bonchev–Trinajstić information content (AvgIpc) is 2.90. The molecular weight excluding hydrogens is 244 g/mol. The van der Waals surface area contributed by atoms with E-state index < -0.39 is 0 Å². The summed E-state index contributed by atoms with van der Waals surface area (Å²) in [6.45, 7) is 0. The van der Waals surface area contributed by atoms with Gasteiger partial charge in [-0.15, -0.1) is 0 Å². The largest absolute Gasteiger partial charge is 0.308 e. The molecule has 6 N–H and O–H groups in total. The van der Waals surface area contributed by atoms with Crippen LogP contribution in [0.2, 0.25) is 0 Å². The van der Waals surface area contributed by atoms with Crippen LogP contribution in [0.4, 0.5) is 11.8 Å². The summed E-state index contributed by atoms with van der Waals surface area (Å²) in [6.07, 6.45) is 1.65. The first-order chi connectivity index (χ1) is 9.33. The highest BCUT2D eigenvalue weighted by molar-refractivity contribution is 5.88. The average molecular weight is 256 g/mol. The minimum absolute atomic E-state index is 0.262. The van der Waals surface area contributed by atoms with Gasteiger partial charge in [0.1, 0.15) is 0 Å². The van der Waals surface area contributed by atoms with E-state index in [1.165, 1.54) is 0 Å². The maximum absolute atomic E-state index is 5.44. The normalized spacial score (nSPS) is 10.6. The molecule has 0 saturated heterocycles. The number of hydrogen-bond donors (Lipinski definition) is 4. The van der Waals surface area contributed by atoms with Crippen molar-refractivity contribution in [3.8, 4) is 5.69 Å². The van der Waals surface area contributed by atoms with E-state index in [1.807, 2.05) is 30.3 Å². The van der Waals surface area contributed by atoms with Crippen molar-refractivity contribution in [3.05, 3.63) is 36.5 Å². The molecule has 0 unspecified atom stereocenters. The summed E-state index contributed by atoms with van der Waals surface area (Å²) in [5, 5.41) is 5.01. The van der Waals surface area contributed by atoms with Crippen LogP contribution in [0, 0.1) is 0 Å². The molecule has 0 aliphatic carbocycles. The number of nitrogens with one attached hydrogen (secondary N) is 2. The van der Waals surface area contributed by atoms with Crippen LogP contribution in [0.1, 0.15) is 0 Å². The molecular formula is C11H12N8. The molecule has 0 aliphatic heterocycles. The lowest BCUT2D eigenvalue weighted by atomic mass is 10.3. The molecule has 0 atom stereocenters. The van der Waals surface area contributed by atoms with Gasteiger partial charge in [-0.2, -0.15) is 15.1 Å². The highest BCUT2D eigenvalue weighted by atomic mass is 15.4. The van der Waals surface area contributed by atoms with Gasteiger partial charge in [0.25, 0.3) is 0 Å². The Hall–Kier alpha value is -2.71. The summed E-state index contributed by atoms with van der Waals surface area (Å²) in [4.78, 5) is 8.40. The lowest BCUT2D eigenvalue weighted by molar-refractivity contribution is 0.895. The lowest BCUT2D eigenvalue weighted by Gasteiger charge is -2.06. The summed E-state index contributed by atoms with van der Waals surface area (Å²) in [5.74, 6) is 11.5. The molecule has 2 aromatic heterocycles. The Kier molecular flexibility index (Phi) is 2.71. The zero-order valence-corrected chi connectivity index (χ0v) is 9.91. The monoisotopic (exact) mass is 256 g/mol. The molecule has 3 rings (SSSR count). The number of benzene rings is 1. The van der Waals surface area contributed by atoms with E-state index in [2.05, 4.69) is 25.9 Å². The van der Waals surface area contributed by atoms with Crippen LogP contribution < -0.4 is 22.5 Å². The minimum Gasteiger partial charge on any atom is -0.308 e. The summed E-state index contributed by atoms with van der Waals surface area (Å²) < 4.78 is 1.69. The van der Waals surface area contributed by atoms with Gasteiger partial charge in [-0.1, -0.05) is 18.2 Å². The maximum atomic E-state index is 5.44. The van der Waals surface area contributed by atoms with Crippen LogP contribution in [0.15, 0.2) is 36.5 Å².